The number of fused-ring (bicyclic) bond motifs is 1. The maximum absolute atomic E-state index is 12.0. The first kappa shape index (κ1) is 20.6. The summed E-state index contributed by atoms with van der Waals surface area (Å²) in [7, 11) is 1.65. The van der Waals surface area contributed by atoms with Crippen LogP contribution < -0.4 is 10.6 Å². The lowest BCUT2D eigenvalue weighted by atomic mass is 10.0. The van der Waals surface area contributed by atoms with Crippen molar-refractivity contribution in [3.63, 3.8) is 0 Å². The number of hydrogen-bond acceptors (Lipinski definition) is 3. The van der Waals surface area contributed by atoms with Gasteiger partial charge in [-0.2, -0.15) is 0 Å². The summed E-state index contributed by atoms with van der Waals surface area (Å²) in [5, 5.41) is 5.66. The van der Waals surface area contributed by atoms with Crippen molar-refractivity contribution in [1.29, 1.82) is 0 Å². The fourth-order valence-corrected chi connectivity index (χ4v) is 3.62. The Morgan fingerprint density at radius 1 is 1.00 bits per heavy atom. The van der Waals surface area contributed by atoms with E-state index >= 15 is 0 Å². The average Bonchev–Trinajstić information content (AvgIpc) is 3.12. The molecule has 0 radical (unpaired) electrons. The Bertz CT molecular complexity index is 1170. The van der Waals surface area contributed by atoms with Crippen LogP contribution in [0.3, 0.4) is 0 Å². The van der Waals surface area contributed by atoms with Gasteiger partial charge in [-0.1, -0.05) is 36.4 Å². The molecule has 158 valence electrons. The third-order valence-electron chi connectivity index (χ3n) is 5.12. The number of hydrogen-bond donors (Lipinski definition) is 2. The van der Waals surface area contributed by atoms with Gasteiger partial charge < -0.3 is 15.4 Å². The number of urea groups is 1. The smallest absolute Gasteiger partial charge is 0.319 e. The zero-order valence-electron chi connectivity index (χ0n) is 17.8. The summed E-state index contributed by atoms with van der Waals surface area (Å²) in [4.78, 5) is 16.7. The monoisotopic (exact) mass is 414 g/mol. The van der Waals surface area contributed by atoms with Crippen molar-refractivity contribution < 1.29 is 9.53 Å². The van der Waals surface area contributed by atoms with Crippen LogP contribution in [-0.4, -0.2) is 35.8 Å². The second-order valence-electron chi connectivity index (χ2n) is 7.34. The zero-order chi connectivity index (χ0) is 21.6. The molecule has 1 heterocycles. The summed E-state index contributed by atoms with van der Waals surface area (Å²) in [6, 6.07) is 24.2. The van der Waals surface area contributed by atoms with Gasteiger partial charge in [0.1, 0.15) is 5.82 Å². The predicted octanol–water partition coefficient (Wildman–Crippen LogP) is 5.16. The molecule has 0 fully saturated rings. The fourth-order valence-electron chi connectivity index (χ4n) is 3.62. The molecule has 31 heavy (non-hydrogen) atoms. The van der Waals surface area contributed by atoms with Crippen LogP contribution in [0.5, 0.6) is 0 Å². The number of imidazole rings is 1. The molecule has 6 heteroatoms. The Morgan fingerprint density at radius 2 is 1.74 bits per heavy atom. The molecule has 0 saturated heterocycles. The third kappa shape index (κ3) is 4.75. The first-order chi connectivity index (χ1) is 15.2. The largest absolute Gasteiger partial charge is 0.385 e. The SMILES string of the molecule is COCCCNC(=O)Nc1ccc(-c2ccc3c(c2)nc(C)n3-c2ccccc2)cc1. The lowest BCUT2D eigenvalue weighted by Gasteiger charge is -2.09. The highest BCUT2D eigenvalue weighted by Gasteiger charge is 2.10. The number of rotatable bonds is 7. The van der Waals surface area contributed by atoms with Crippen LogP contribution in [0.2, 0.25) is 0 Å². The number of amides is 2. The van der Waals surface area contributed by atoms with Crippen molar-refractivity contribution in [3.05, 3.63) is 78.6 Å². The number of nitrogens with one attached hydrogen (secondary N) is 2. The second-order valence-corrected chi connectivity index (χ2v) is 7.34. The number of carbonyl (C=O) groups is 1. The van der Waals surface area contributed by atoms with Crippen molar-refractivity contribution in [2.75, 3.05) is 25.6 Å². The van der Waals surface area contributed by atoms with Gasteiger partial charge in [0.25, 0.3) is 0 Å². The molecule has 2 N–H and O–H groups in total. The number of aryl methyl sites for hydroxylation is 1. The number of carbonyl (C=O) groups excluding carboxylic acids is 1. The van der Waals surface area contributed by atoms with Crippen LogP contribution in [0.15, 0.2) is 72.8 Å². The maximum Gasteiger partial charge on any atom is 0.319 e. The zero-order valence-corrected chi connectivity index (χ0v) is 17.8. The molecule has 4 aromatic rings. The summed E-state index contributed by atoms with van der Waals surface area (Å²) >= 11 is 0. The molecule has 0 atom stereocenters. The van der Waals surface area contributed by atoms with Gasteiger partial charge in [-0.25, -0.2) is 9.78 Å². The number of ether oxygens (including phenoxy) is 1. The Labute approximate surface area is 181 Å². The van der Waals surface area contributed by atoms with E-state index in [1.54, 1.807) is 7.11 Å². The molecule has 1 aromatic heterocycles. The Morgan fingerprint density at radius 3 is 2.48 bits per heavy atom. The average molecular weight is 415 g/mol. The minimum atomic E-state index is -0.216. The second kappa shape index (κ2) is 9.45. The fraction of sp³-hybridized carbons (Fsp3) is 0.200. The molecular formula is C25H26N4O2. The summed E-state index contributed by atoms with van der Waals surface area (Å²) in [6.07, 6.45) is 0.783. The lowest BCUT2D eigenvalue weighted by molar-refractivity contribution is 0.194. The van der Waals surface area contributed by atoms with Crippen LogP contribution in [-0.2, 0) is 4.74 Å². The van der Waals surface area contributed by atoms with Crippen molar-refractivity contribution in [2.24, 2.45) is 0 Å². The van der Waals surface area contributed by atoms with Gasteiger partial charge in [-0.3, -0.25) is 4.57 Å². The van der Waals surface area contributed by atoms with Crippen molar-refractivity contribution in [2.45, 2.75) is 13.3 Å². The van der Waals surface area contributed by atoms with E-state index in [0.717, 1.165) is 45.8 Å². The summed E-state index contributed by atoms with van der Waals surface area (Å²) < 4.78 is 7.14. The van der Waals surface area contributed by atoms with Gasteiger partial charge in [-0.05, 0) is 60.9 Å². The number of para-hydroxylation sites is 1. The molecule has 6 nitrogen and oxygen atoms in total. The van der Waals surface area contributed by atoms with Crippen molar-refractivity contribution in [1.82, 2.24) is 14.9 Å². The number of anilines is 1. The number of nitrogens with zero attached hydrogens (tertiary/aromatic N) is 2. The van der Waals surface area contributed by atoms with Gasteiger partial charge >= 0.3 is 6.03 Å². The van der Waals surface area contributed by atoms with Gasteiger partial charge in [0.2, 0.25) is 0 Å². The molecule has 0 bridgehead atoms. The van der Waals surface area contributed by atoms with Crippen LogP contribution in [0, 0.1) is 6.92 Å². The van der Waals surface area contributed by atoms with E-state index in [2.05, 4.69) is 45.5 Å². The van der Waals surface area contributed by atoms with Crippen molar-refractivity contribution in [3.8, 4) is 16.8 Å². The standard InChI is InChI=1S/C25H26N4O2/c1-18-27-23-17-20(11-14-24(23)29(18)22-7-4-3-5-8-22)19-9-12-21(13-10-19)28-25(30)26-15-6-16-31-2/h3-5,7-14,17H,6,15-16H2,1-2H3,(H2,26,28,30). The molecule has 0 aliphatic rings. The van der Waals surface area contributed by atoms with E-state index in [-0.39, 0.29) is 6.03 Å². The van der Waals surface area contributed by atoms with E-state index in [4.69, 9.17) is 9.72 Å². The summed E-state index contributed by atoms with van der Waals surface area (Å²) in [5.41, 5.74) is 6.04. The molecule has 0 aliphatic heterocycles. The molecule has 4 rings (SSSR count). The number of aromatic nitrogens is 2. The first-order valence-corrected chi connectivity index (χ1v) is 10.3. The molecule has 0 unspecified atom stereocenters. The Balaban J connectivity index is 1.50. The molecule has 2 amide bonds. The van der Waals surface area contributed by atoms with E-state index in [0.29, 0.717) is 13.2 Å². The lowest BCUT2D eigenvalue weighted by Crippen LogP contribution is -2.29. The highest BCUT2D eigenvalue weighted by molar-refractivity contribution is 5.90. The van der Waals surface area contributed by atoms with E-state index < -0.39 is 0 Å². The van der Waals surface area contributed by atoms with E-state index in [9.17, 15) is 4.79 Å². The maximum atomic E-state index is 12.0. The van der Waals surface area contributed by atoms with Crippen LogP contribution in [0.25, 0.3) is 27.8 Å². The topological polar surface area (TPSA) is 68.2 Å². The molecule has 3 aromatic carbocycles. The number of benzene rings is 3. The van der Waals surface area contributed by atoms with Crippen molar-refractivity contribution >= 4 is 22.8 Å². The highest BCUT2D eigenvalue weighted by Crippen LogP contribution is 2.27. The normalized spacial score (nSPS) is 10.9. The molecule has 0 saturated carbocycles. The Kier molecular flexibility index (Phi) is 6.29. The molecular weight excluding hydrogens is 388 g/mol. The molecule has 0 spiro atoms. The quantitative estimate of drug-likeness (QED) is 0.411. The van der Waals surface area contributed by atoms with E-state index in [1.165, 1.54) is 0 Å². The minimum absolute atomic E-state index is 0.216. The third-order valence-corrected chi connectivity index (χ3v) is 5.12. The highest BCUT2D eigenvalue weighted by atomic mass is 16.5. The predicted molar refractivity (Wildman–Crippen MR) is 125 cm³/mol. The van der Waals surface area contributed by atoms with E-state index in [1.807, 2.05) is 49.4 Å². The van der Waals surface area contributed by atoms with Gasteiger partial charge in [-0.15, -0.1) is 0 Å². The van der Waals surface area contributed by atoms with Crippen LogP contribution in [0.1, 0.15) is 12.2 Å². The Hall–Kier alpha value is -3.64. The van der Waals surface area contributed by atoms with Gasteiger partial charge in [0, 0.05) is 31.6 Å². The number of methoxy groups -OCH3 is 1. The van der Waals surface area contributed by atoms with Crippen LogP contribution in [0.4, 0.5) is 10.5 Å². The van der Waals surface area contributed by atoms with Gasteiger partial charge in [0.05, 0.1) is 11.0 Å². The first-order valence-electron chi connectivity index (χ1n) is 10.3. The summed E-state index contributed by atoms with van der Waals surface area (Å²) in [6.45, 7) is 3.22. The molecule has 0 aliphatic carbocycles. The van der Waals surface area contributed by atoms with Gasteiger partial charge in [0.15, 0.2) is 0 Å². The van der Waals surface area contributed by atoms with Crippen LogP contribution >= 0.6 is 0 Å². The summed E-state index contributed by atoms with van der Waals surface area (Å²) in [5.74, 6) is 0.953. The minimum Gasteiger partial charge on any atom is -0.385 e.